The lowest BCUT2D eigenvalue weighted by molar-refractivity contribution is -0.385. The Hall–Kier alpha value is -1.79. The van der Waals surface area contributed by atoms with E-state index in [2.05, 4.69) is 0 Å². The van der Waals surface area contributed by atoms with E-state index in [1.54, 1.807) is 7.05 Å². The number of hydrogen-bond acceptors (Lipinski definition) is 3. The molecule has 4 nitrogen and oxygen atoms in total. The number of rotatable bonds is 5. The Morgan fingerprint density at radius 1 is 1.37 bits per heavy atom. The van der Waals surface area contributed by atoms with Gasteiger partial charge in [-0.25, -0.2) is 0 Å². The first-order valence-corrected chi connectivity index (χ1v) is 5.84. The van der Waals surface area contributed by atoms with E-state index < -0.39 is 22.4 Å². The first-order chi connectivity index (χ1) is 8.77. The van der Waals surface area contributed by atoms with Gasteiger partial charge in [0.05, 0.1) is 10.5 Å². The molecule has 0 radical (unpaired) electrons. The van der Waals surface area contributed by atoms with E-state index in [0.29, 0.717) is 12.6 Å². The van der Waals surface area contributed by atoms with Crippen LogP contribution in [0.3, 0.4) is 0 Å². The summed E-state index contributed by atoms with van der Waals surface area (Å²) >= 11 is 0. The topological polar surface area (TPSA) is 46.4 Å². The zero-order chi connectivity index (χ0) is 14.6. The third-order valence-corrected chi connectivity index (χ3v) is 2.75. The molecule has 0 heterocycles. The molecule has 106 valence electrons. The van der Waals surface area contributed by atoms with Crippen LogP contribution in [0.25, 0.3) is 0 Å². The molecule has 0 atom stereocenters. The van der Waals surface area contributed by atoms with Gasteiger partial charge < -0.3 is 4.90 Å². The molecular weight excluding hydrogens is 261 g/mol. The van der Waals surface area contributed by atoms with E-state index in [-0.39, 0.29) is 5.69 Å². The first kappa shape index (κ1) is 15.3. The summed E-state index contributed by atoms with van der Waals surface area (Å²) in [6, 6.07) is 2.82. The average Bonchev–Trinajstić information content (AvgIpc) is 2.34. The fraction of sp³-hybridized carbons (Fsp3) is 0.500. The molecule has 0 N–H and O–H groups in total. The highest BCUT2D eigenvalue weighted by Crippen LogP contribution is 2.38. The van der Waals surface area contributed by atoms with Crippen molar-refractivity contribution in [3.63, 3.8) is 0 Å². The summed E-state index contributed by atoms with van der Waals surface area (Å²) in [5, 5.41) is 10.6. The maximum Gasteiger partial charge on any atom is 0.418 e. The Balaban J connectivity index is 3.20. The molecule has 0 aliphatic carbocycles. The van der Waals surface area contributed by atoms with Gasteiger partial charge in [0.25, 0.3) is 5.69 Å². The van der Waals surface area contributed by atoms with Crippen molar-refractivity contribution in [3.8, 4) is 0 Å². The molecule has 7 heteroatoms. The molecule has 1 rings (SSSR count). The standard InChI is InChI=1S/C12H15F3N2O2/c1-3-4-7-16(2)11-6-5-9(17(18)19)8-10(11)12(13,14)15/h5-6,8H,3-4,7H2,1-2H3. The van der Waals surface area contributed by atoms with Crippen molar-refractivity contribution in [1.29, 1.82) is 0 Å². The van der Waals surface area contributed by atoms with Crippen LogP contribution < -0.4 is 4.90 Å². The minimum Gasteiger partial charge on any atom is -0.374 e. The van der Waals surface area contributed by atoms with Crippen molar-refractivity contribution in [2.45, 2.75) is 25.9 Å². The van der Waals surface area contributed by atoms with Gasteiger partial charge in [0.2, 0.25) is 0 Å². The van der Waals surface area contributed by atoms with Crippen LogP contribution in [0.2, 0.25) is 0 Å². The molecule has 0 saturated carbocycles. The summed E-state index contributed by atoms with van der Waals surface area (Å²) in [5.41, 5.74) is -1.56. The van der Waals surface area contributed by atoms with Gasteiger partial charge in [0.15, 0.2) is 0 Å². The number of benzene rings is 1. The lowest BCUT2D eigenvalue weighted by Crippen LogP contribution is -2.22. The number of nitro groups is 1. The van der Waals surface area contributed by atoms with E-state index in [0.717, 1.165) is 25.0 Å². The number of non-ortho nitro benzene ring substituents is 1. The minimum absolute atomic E-state index is 0.0356. The molecule has 19 heavy (non-hydrogen) atoms. The van der Waals surface area contributed by atoms with Gasteiger partial charge in [-0.2, -0.15) is 13.2 Å². The molecule has 0 aliphatic rings. The Morgan fingerprint density at radius 3 is 2.47 bits per heavy atom. The predicted octanol–water partition coefficient (Wildman–Crippen LogP) is 3.85. The zero-order valence-electron chi connectivity index (χ0n) is 10.7. The molecule has 0 aliphatic heterocycles. The number of anilines is 1. The zero-order valence-corrected chi connectivity index (χ0v) is 10.7. The number of nitro benzene ring substituents is 1. The van der Waals surface area contributed by atoms with Gasteiger partial charge in [-0.05, 0) is 12.5 Å². The fourth-order valence-corrected chi connectivity index (χ4v) is 1.71. The number of nitrogens with zero attached hydrogens (tertiary/aromatic N) is 2. The summed E-state index contributed by atoms with van der Waals surface area (Å²) < 4.78 is 38.8. The molecule has 0 amide bonds. The summed E-state index contributed by atoms with van der Waals surface area (Å²) in [5.74, 6) is 0. The van der Waals surface area contributed by atoms with E-state index >= 15 is 0 Å². The Kier molecular flexibility index (Phi) is 4.74. The van der Waals surface area contributed by atoms with Crippen molar-refractivity contribution in [2.75, 3.05) is 18.5 Å². The molecular formula is C12H15F3N2O2. The SMILES string of the molecule is CCCCN(C)c1ccc([N+](=O)[O-])cc1C(F)(F)F. The van der Waals surface area contributed by atoms with Crippen molar-refractivity contribution < 1.29 is 18.1 Å². The van der Waals surface area contributed by atoms with E-state index in [4.69, 9.17) is 0 Å². The van der Waals surface area contributed by atoms with Gasteiger partial charge in [0, 0.05) is 31.4 Å². The van der Waals surface area contributed by atoms with Crippen molar-refractivity contribution >= 4 is 11.4 Å². The molecule has 0 bridgehead atoms. The average molecular weight is 276 g/mol. The van der Waals surface area contributed by atoms with Crippen LogP contribution in [0.15, 0.2) is 18.2 Å². The highest BCUT2D eigenvalue weighted by molar-refractivity contribution is 5.58. The predicted molar refractivity (Wildman–Crippen MR) is 66.3 cm³/mol. The normalized spacial score (nSPS) is 11.4. The van der Waals surface area contributed by atoms with Crippen LogP contribution in [0.5, 0.6) is 0 Å². The largest absolute Gasteiger partial charge is 0.418 e. The van der Waals surface area contributed by atoms with Crippen LogP contribution >= 0.6 is 0 Å². The third-order valence-electron chi connectivity index (χ3n) is 2.75. The van der Waals surface area contributed by atoms with E-state index in [1.165, 1.54) is 4.90 Å². The Bertz CT molecular complexity index is 461. The summed E-state index contributed by atoms with van der Waals surface area (Å²) in [4.78, 5) is 11.2. The Morgan fingerprint density at radius 2 is 2.00 bits per heavy atom. The van der Waals surface area contributed by atoms with E-state index in [1.807, 2.05) is 6.92 Å². The van der Waals surface area contributed by atoms with Crippen LogP contribution in [-0.4, -0.2) is 18.5 Å². The van der Waals surface area contributed by atoms with Crippen molar-refractivity contribution in [3.05, 3.63) is 33.9 Å². The molecule has 0 saturated heterocycles. The van der Waals surface area contributed by atoms with Crippen LogP contribution in [-0.2, 0) is 6.18 Å². The monoisotopic (exact) mass is 276 g/mol. The quantitative estimate of drug-likeness (QED) is 0.606. The van der Waals surface area contributed by atoms with Crippen molar-refractivity contribution in [2.24, 2.45) is 0 Å². The maximum absolute atomic E-state index is 12.9. The highest BCUT2D eigenvalue weighted by atomic mass is 19.4. The van der Waals surface area contributed by atoms with E-state index in [9.17, 15) is 23.3 Å². The number of halogens is 3. The van der Waals surface area contributed by atoms with Gasteiger partial charge >= 0.3 is 6.18 Å². The lowest BCUT2D eigenvalue weighted by atomic mass is 10.1. The minimum atomic E-state index is -4.61. The molecule has 1 aromatic carbocycles. The highest BCUT2D eigenvalue weighted by Gasteiger charge is 2.36. The second kappa shape index (κ2) is 5.90. The molecule has 0 fully saturated rings. The van der Waals surface area contributed by atoms with Crippen molar-refractivity contribution in [1.82, 2.24) is 0 Å². The van der Waals surface area contributed by atoms with Gasteiger partial charge in [-0.1, -0.05) is 13.3 Å². The first-order valence-electron chi connectivity index (χ1n) is 5.84. The maximum atomic E-state index is 12.9. The lowest BCUT2D eigenvalue weighted by Gasteiger charge is -2.23. The second-order valence-electron chi connectivity index (χ2n) is 4.23. The molecule has 0 unspecified atom stereocenters. The molecule has 1 aromatic rings. The molecule has 0 aromatic heterocycles. The van der Waals surface area contributed by atoms with Gasteiger partial charge in [-0.15, -0.1) is 0 Å². The summed E-state index contributed by atoms with van der Waals surface area (Å²) in [7, 11) is 1.55. The summed E-state index contributed by atoms with van der Waals surface area (Å²) in [6.45, 7) is 2.41. The third kappa shape index (κ3) is 3.84. The Labute approximate surface area is 109 Å². The number of alkyl halides is 3. The number of hydrogen-bond donors (Lipinski definition) is 0. The van der Waals surface area contributed by atoms with Gasteiger partial charge in [-0.3, -0.25) is 10.1 Å². The fourth-order valence-electron chi connectivity index (χ4n) is 1.71. The second-order valence-corrected chi connectivity index (χ2v) is 4.23. The van der Waals surface area contributed by atoms with Crippen LogP contribution in [0, 0.1) is 10.1 Å². The van der Waals surface area contributed by atoms with Gasteiger partial charge in [0.1, 0.15) is 0 Å². The molecule has 0 spiro atoms. The van der Waals surface area contributed by atoms with Crippen LogP contribution in [0.1, 0.15) is 25.3 Å². The number of unbranched alkanes of at least 4 members (excludes halogenated alkanes) is 1. The summed E-state index contributed by atoms with van der Waals surface area (Å²) in [6.07, 6.45) is -2.99. The van der Waals surface area contributed by atoms with Crippen LogP contribution in [0.4, 0.5) is 24.5 Å². The smallest absolute Gasteiger partial charge is 0.374 e.